The summed E-state index contributed by atoms with van der Waals surface area (Å²) < 4.78 is 10.6. The number of rotatable bonds is 6. The van der Waals surface area contributed by atoms with Crippen LogP contribution in [0.2, 0.25) is 0 Å². The van der Waals surface area contributed by atoms with Gasteiger partial charge in [-0.1, -0.05) is 0 Å². The Morgan fingerprint density at radius 2 is 1.86 bits per heavy atom. The van der Waals surface area contributed by atoms with Crippen LogP contribution in [-0.2, 0) is 0 Å². The van der Waals surface area contributed by atoms with E-state index in [1.54, 1.807) is 14.2 Å². The van der Waals surface area contributed by atoms with Gasteiger partial charge in [0.2, 0.25) is 5.78 Å². The monoisotopic (exact) mass is 394 g/mol. The smallest absolute Gasteiger partial charge is 0.219 e. The number of ether oxygens (including phenoxy) is 2. The van der Waals surface area contributed by atoms with E-state index in [4.69, 9.17) is 9.47 Å². The van der Waals surface area contributed by atoms with Crippen LogP contribution >= 0.6 is 0 Å². The largest absolute Gasteiger partial charge is 0.497 e. The maximum atomic E-state index is 13.0. The quantitative estimate of drug-likeness (QED) is 0.629. The van der Waals surface area contributed by atoms with Gasteiger partial charge in [-0.05, 0) is 49.4 Å². The van der Waals surface area contributed by atoms with E-state index < -0.39 is 0 Å². The van der Waals surface area contributed by atoms with Crippen molar-refractivity contribution in [2.45, 2.75) is 13.0 Å². The first-order valence-electron chi connectivity index (χ1n) is 10.0. The molecule has 4 rings (SSSR count). The van der Waals surface area contributed by atoms with E-state index in [1.165, 1.54) is 10.6 Å². The zero-order valence-corrected chi connectivity index (χ0v) is 17.2. The lowest BCUT2D eigenvalue weighted by Gasteiger charge is -2.38. The van der Waals surface area contributed by atoms with Gasteiger partial charge in [0, 0.05) is 28.4 Å². The van der Waals surface area contributed by atoms with Crippen molar-refractivity contribution in [3.8, 4) is 11.5 Å². The molecule has 0 radical (unpaired) electrons. The number of H-pyrrole nitrogens is 1. The second kappa shape index (κ2) is 8.17. The number of nitrogens with one attached hydrogen (secondary N) is 2. The number of aromatic amines is 1. The fourth-order valence-electron chi connectivity index (χ4n) is 4.23. The number of nitrogens with zero attached hydrogens (tertiary/aromatic N) is 1. The van der Waals surface area contributed by atoms with E-state index in [-0.39, 0.29) is 5.78 Å². The number of anilines is 1. The summed E-state index contributed by atoms with van der Waals surface area (Å²) in [4.78, 5) is 19.9. The molecule has 3 aromatic rings. The summed E-state index contributed by atoms with van der Waals surface area (Å²) in [5, 5.41) is 0.929. The SMILES string of the molecule is COc1ccc(N2CC[NH+](CC(=O)c3c[nH]c4ccc(OC)cc34)C[C@@H]2C)cc1. The van der Waals surface area contributed by atoms with Crippen LogP contribution in [0.1, 0.15) is 17.3 Å². The molecule has 2 atom stereocenters. The van der Waals surface area contributed by atoms with Gasteiger partial charge in [-0.3, -0.25) is 4.79 Å². The number of quaternary nitrogens is 1. The van der Waals surface area contributed by atoms with Crippen LogP contribution in [0.4, 0.5) is 5.69 Å². The van der Waals surface area contributed by atoms with E-state index in [2.05, 4.69) is 28.9 Å². The molecule has 6 nitrogen and oxygen atoms in total. The van der Waals surface area contributed by atoms with Gasteiger partial charge in [-0.2, -0.15) is 0 Å². The van der Waals surface area contributed by atoms with Crippen LogP contribution in [0.15, 0.2) is 48.7 Å². The summed E-state index contributed by atoms with van der Waals surface area (Å²) in [6, 6.07) is 14.3. The highest BCUT2D eigenvalue weighted by Gasteiger charge is 2.29. The number of carbonyl (C=O) groups excluding carboxylic acids is 1. The highest BCUT2D eigenvalue weighted by atomic mass is 16.5. The maximum absolute atomic E-state index is 13.0. The maximum Gasteiger partial charge on any atom is 0.219 e. The predicted molar refractivity (Wildman–Crippen MR) is 115 cm³/mol. The van der Waals surface area contributed by atoms with Crippen LogP contribution in [0, 0.1) is 0 Å². The van der Waals surface area contributed by atoms with Crippen molar-refractivity contribution in [2.24, 2.45) is 0 Å². The molecule has 152 valence electrons. The van der Waals surface area contributed by atoms with Crippen LogP contribution < -0.4 is 19.3 Å². The number of methoxy groups -OCH3 is 2. The van der Waals surface area contributed by atoms with Gasteiger partial charge in [-0.25, -0.2) is 0 Å². The summed E-state index contributed by atoms with van der Waals surface area (Å²) >= 11 is 0. The number of aromatic nitrogens is 1. The lowest BCUT2D eigenvalue weighted by molar-refractivity contribution is -0.894. The highest BCUT2D eigenvalue weighted by Crippen LogP contribution is 2.24. The Balaban J connectivity index is 1.42. The molecular weight excluding hydrogens is 366 g/mol. The van der Waals surface area contributed by atoms with Gasteiger partial charge in [0.1, 0.15) is 18.0 Å². The molecule has 1 unspecified atom stereocenters. The number of hydrogen-bond donors (Lipinski definition) is 2. The summed E-state index contributed by atoms with van der Waals surface area (Å²) in [6.45, 7) is 5.53. The van der Waals surface area contributed by atoms with Crippen LogP contribution in [0.5, 0.6) is 11.5 Å². The lowest BCUT2D eigenvalue weighted by Crippen LogP contribution is -3.16. The van der Waals surface area contributed by atoms with Gasteiger partial charge >= 0.3 is 0 Å². The summed E-state index contributed by atoms with van der Waals surface area (Å²) in [7, 11) is 3.32. The number of piperazine rings is 1. The molecule has 29 heavy (non-hydrogen) atoms. The molecule has 1 saturated heterocycles. The minimum absolute atomic E-state index is 0.171. The number of benzene rings is 2. The van der Waals surface area contributed by atoms with E-state index in [0.29, 0.717) is 12.6 Å². The average molecular weight is 394 g/mol. The van der Waals surface area contributed by atoms with E-state index in [1.807, 2.05) is 36.5 Å². The van der Waals surface area contributed by atoms with Crippen LogP contribution in [-0.4, -0.2) is 57.2 Å². The lowest BCUT2D eigenvalue weighted by atomic mass is 10.1. The molecule has 1 fully saturated rings. The Labute approximate surface area is 171 Å². The molecule has 2 aromatic carbocycles. The van der Waals surface area contributed by atoms with Gasteiger partial charge < -0.3 is 24.3 Å². The normalized spacial score (nSPS) is 19.3. The van der Waals surface area contributed by atoms with Crippen molar-refractivity contribution >= 4 is 22.4 Å². The fraction of sp³-hybridized carbons (Fsp3) is 0.348. The highest BCUT2D eigenvalue weighted by molar-refractivity contribution is 6.08. The molecule has 1 aliphatic heterocycles. The fourth-order valence-corrected chi connectivity index (χ4v) is 4.23. The van der Waals surface area contributed by atoms with Crippen molar-refractivity contribution in [2.75, 3.05) is 45.3 Å². The molecule has 0 saturated carbocycles. The molecular formula is C23H28N3O3+. The number of hydrogen-bond acceptors (Lipinski definition) is 4. The van der Waals surface area contributed by atoms with E-state index >= 15 is 0 Å². The third-order valence-corrected chi connectivity index (χ3v) is 5.83. The second-order valence-corrected chi connectivity index (χ2v) is 7.66. The van der Waals surface area contributed by atoms with Gasteiger partial charge in [0.15, 0.2) is 0 Å². The minimum atomic E-state index is 0.171. The van der Waals surface area contributed by atoms with Crippen molar-refractivity contribution in [3.63, 3.8) is 0 Å². The zero-order chi connectivity index (χ0) is 20.4. The van der Waals surface area contributed by atoms with Crippen molar-refractivity contribution < 1.29 is 19.2 Å². The van der Waals surface area contributed by atoms with E-state index in [0.717, 1.165) is 47.6 Å². The Kier molecular flexibility index (Phi) is 5.45. The van der Waals surface area contributed by atoms with Crippen LogP contribution in [0.25, 0.3) is 10.9 Å². The van der Waals surface area contributed by atoms with Crippen molar-refractivity contribution in [1.29, 1.82) is 0 Å². The van der Waals surface area contributed by atoms with Gasteiger partial charge in [0.05, 0.1) is 39.9 Å². The topological polar surface area (TPSA) is 59.0 Å². The first-order valence-corrected chi connectivity index (χ1v) is 10.0. The minimum Gasteiger partial charge on any atom is -0.497 e. The predicted octanol–water partition coefficient (Wildman–Crippen LogP) is 2.16. The van der Waals surface area contributed by atoms with Gasteiger partial charge in [0.25, 0.3) is 0 Å². The molecule has 6 heteroatoms. The average Bonchev–Trinajstić information content (AvgIpc) is 3.17. The summed E-state index contributed by atoms with van der Waals surface area (Å²) in [5.74, 6) is 1.80. The van der Waals surface area contributed by atoms with Crippen molar-refractivity contribution in [1.82, 2.24) is 4.98 Å². The van der Waals surface area contributed by atoms with Crippen molar-refractivity contribution in [3.05, 3.63) is 54.2 Å². The molecule has 1 aromatic heterocycles. The van der Waals surface area contributed by atoms with E-state index in [9.17, 15) is 4.79 Å². The number of ketones is 1. The standard InChI is InChI=1S/C23H27N3O3/c1-16-14-25(10-11-26(16)17-4-6-18(28-2)7-5-17)15-23(27)21-13-24-22-9-8-19(29-3)12-20(21)22/h4-9,12-13,16,24H,10-11,14-15H2,1-3H3/p+1/t16-/m0/s1. The Morgan fingerprint density at radius 3 is 2.55 bits per heavy atom. The molecule has 0 amide bonds. The third kappa shape index (κ3) is 3.93. The molecule has 2 N–H and O–H groups in total. The molecule has 0 aliphatic carbocycles. The summed E-state index contributed by atoms with van der Waals surface area (Å²) in [6.07, 6.45) is 1.82. The Bertz CT molecular complexity index is 996. The first kappa shape index (κ1) is 19.3. The third-order valence-electron chi connectivity index (χ3n) is 5.83. The van der Waals surface area contributed by atoms with Crippen LogP contribution in [0.3, 0.4) is 0 Å². The first-order chi connectivity index (χ1) is 14.1. The number of fused-ring (bicyclic) bond motifs is 1. The molecule has 0 spiro atoms. The second-order valence-electron chi connectivity index (χ2n) is 7.66. The number of Topliss-reactive ketones (excluding diaryl/α,β-unsaturated/α-hetero) is 1. The molecule has 1 aliphatic rings. The Hall–Kier alpha value is -2.99. The van der Waals surface area contributed by atoms with Gasteiger partial charge in [-0.15, -0.1) is 0 Å². The molecule has 0 bridgehead atoms. The Morgan fingerprint density at radius 1 is 1.14 bits per heavy atom. The molecule has 2 heterocycles. The summed E-state index contributed by atoms with van der Waals surface area (Å²) in [5.41, 5.74) is 2.91. The number of carbonyl (C=O) groups is 1. The zero-order valence-electron chi connectivity index (χ0n) is 17.2.